The topological polar surface area (TPSA) is 88.6 Å². The Labute approximate surface area is 178 Å². The van der Waals surface area contributed by atoms with Crippen LogP contribution < -0.4 is 26.9 Å². The number of ether oxygens (including phenoxy) is 1. The smallest absolute Gasteiger partial charge is 0.141 e. The first kappa shape index (κ1) is 20.3. The fourth-order valence-electron chi connectivity index (χ4n) is 4.38. The highest BCUT2D eigenvalue weighted by Crippen LogP contribution is 2.38. The minimum absolute atomic E-state index is 0.0847. The second-order valence-corrected chi connectivity index (χ2v) is 7.90. The Morgan fingerprint density at radius 2 is 2.07 bits per heavy atom. The van der Waals surface area contributed by atoms with Crippen molar-refractivity contribution in [3.63, 3.8) is 0 Å². The first-order chi connectivity index (χ1) is 14.6. The van der Waals surface area contributed by atoms with E-state index >= 15 is 0 Å². The number of benzene rings is 2. The molecule has 4 rings (SSSR count). The van der Waals surface area contributed by atoms with E-state index in [9.17, 15) is 0 Å². The van der Waals surface area contributed by atoms with Crippen LogP contribution in [0.15, 0.2) is 54.2 Å². The molecule has 2 aliphatic rings. The van der Waals surface area contributed by atoms with E-state index in [1.165, 1.54) is 16.7 Å². The van der Waals surface area contributed by atoms with E-state index in [0.29, 0.717) is 6.54 Å². The lowest BCUT2D eigenvalue weighted by molar-refractivity contribution is 0.399. The van der Waals surface area contributed by atoms with Gasteiger partial charge in [-0.05, 0) is 61.2 Å². The summed E-state index contributed by atoms with van der Waals surface area (Å²) in [5, 5.41) is 8.87. The lowest BCUT2D eigenvalue weighted by Gasteiger charge is -2.24. The predicted octanol–water partition coefficient (Wildman–Crippen LogP) is 3.45. The molecule has 2 aromatic rings. The Balaban J connectivity index is 1.81. The molecular formula is C24H31N5O. The number of rotatable bonds is 4. The quantitative estimate of drug-likeness (QED) is 0.583. The van der Waals surface area contributed by atoms with Crippen molar-refractivity contribution in [1.29, 1.82) is 0 Å². The third-order valence-corrected chi connectivity index (χ3v) is 5.87. The normalized spacial score (nSPS) is 20.7. The van der Waals surface area contributed by atoms with Gasteiger partial charge >= 0.3 is 0 Å². The standard InChI is InChI=1S/C24H31N5O/c1-16(25)24-19-8-7-18(17-9-12-27-13-10-17)15-20(19)21(11-14-29(24)26)28-22-5-3-4-6-23(22)30-2/h3-9,15,21,27-28H,10-14,25-26H2,1-2H3/b24-16-. The van der Waals surface area contributed by atoms with Gasteiger partial charge in [-0.25, -0.2) is 5.84 Å². The molecule has 1 unspecified atom stereocenters. The van der Waals surface area contributed by atoms with Gasteiger partial charge in [0, 0.05) is 24.4 Å². The summed E-state index contributed by atoms with van der Waals surface area (Å²) in [5.41, 5.74) is 13.8. The van der Waals surface area contributed by atoms with Crippen LogP contribution in [-0.2, 0) is 0 Å². The molecule has 0 amide bonds. The fourth-order valence-corrected chi connectivity index (χ4v) is 4.38. The monoisotopic (exact) mass is 405 g/mol. The zero-order chi connectivity index (χ0) is 21.1. The molecule has 30 heavy (non-hydrogen) atoms. The number of hydrogen-bond donors (Lipinski definition) is 4. The lowest BCUT2D eigenvalue weighted by Crippen LogP contribution is -2.31. The molecule has 0 bridgehead atoms. The van der Waals surface area contributed by atoms with Crippen molar-refractivity contribution in [1.82, 2.24) is 10.3 Å². The van der Waals surface area contributed by atoms with Gasteiger partial charge in [0.15, 0.2) is 0 Å². The maximum Gasteiger partial charge on any atom is 0.141 e. The molecular weight excluding hydrogens is 374 g/mol. The minimum Gasteiger partial charge on any atom is -0.495 e. The number of hydrogen-bond acceptors (Lipinski definition) is 6. The molecule has 0 fully saturated rings. The van der Waals surface area contributed by atoms with E-state index in [4.69, 9.17) is 16.3 Å². The van der Waals surface area contributed by atoms with E-state index in [-0.39, 0.29) is 6.04 Å². The van der Waals surface area contributed by atoms with E-state index in [2.05, 4.69) is 34.9 Å². The first-order valence-electron chi connectivity index (χ1n) is 10.5. The molecule has 0 radical (unpaired) electrons. The first-order valence-corrected chi connectivity index (χ1v) is 10.5. The summed E-state index contributed by atoms with van der Waals surface area (Å²) in [4.78, 5) is 0. The van der Waals surface area contributed by atoms with Gasteiger partial charge in [-0.1, -0.05) is 30.3 Å². The maximum atomic E-state index is 6.41. The molecule has 0 aromatic heterocycles. The van der Waals surface area contributed by atoms with E-state index in [0.717, 1.165) is 54.3 Å². The maximum absolute atomic E-state index is 6.41. The van der Waals surface area contributed by atoms with Gasteiger partial charge in [-0.2, -0.15) is 0 Å². The van der Waals surface area contributed by atoms with Crippen LogP contribution in [0.25, 0.3) is 11.3 Å². The Morgan fingerprint density at radius 3 is 2.80 bits per heavy atom. The number of anilines is 1. The van der Waals surface area contributed by atoms with Gasteiger partial charge in [-0.15, -0.1) is 0 Å². The molecule has 158 valence electrons. The van der Waals surface area contributed by atoms with Crippen LogP contribution in [0.2, 0.25) is 0 Å². The Morgan fingerprint density at radius 1 is 1.23 bits per heavy atom. The van der Waals surface area contributed by atoms with E-state index < -0.39 is 0 Å². The van der Waals surface area contributed by atoms with Crippen molar-refractivity contribution in [2.45, 2.75) is 25.8 Å². The van der Waals surface area contributed by atoms with Crippen molar-refractivity contribution in [2.75, 3.05) is 32.1 Å². The zero-order valence-electron chi connectivity index (χ0n) is 17.7. The van der Waals surface area contributed by atoms with Crippen LogP contribution in [0.5, 0.6) is 5.75 Å². The third-order valence-electron chi connectivity index (χ3n) is 5.87. The molecule has 2 heterocycles. The van der Waals surface area contributed by atoms with Crippen molar-refractivity contribution < 1.29 is 4.74 Å². The van der Waals surface area contributed by atoms with E-state index in [1.54, 1.807) is 12.1 Å². The molecule has 0 saturated carbocycles. The molecule has 0 aliphatic carbocycles. The Hall–Kier alpha value is -2.96. The van der Waals surface area contributed by atoms with Gasteiger partial charge < -0.3 is 26.1 Å². The zero-order valence-corrected chi connectivity index (χ0v) is 17.7. The third kappa shape index (κ3) is 4.01. The van der Waals surface area contributed by atoms with Crippen LogP contribution in [0.3, 0.4) is 0 Å². The van der Waals surface area contributed by atoms with Gasteiger partial charge in [0.25, 0.3) is 0 Å². The Bertz CT molecular complexity index is 977. The molecule has 0 spiro atoms. The highest BCUT2D eigenvalue weighted by Gasteiger charge is 2.27. The minimum atomic E-state index is 0.0847. The summed E-state index contributed by atoms with van der Waals surface area (Å²) in [6, 6.07) is 14.8. The number of nitrogens with zero attached hydrogens (tertiary/aromatic N) is 1. The van der Waals surface area contributed by atoms with Gasteiger partial charge in [0.2, 0.25) is 0 Å². The fraction of sp³-hybridized carbons (Fsp3) is 0.333. The number of methoxy groups -OCH3 is 1. The molecule has 1 atom stereocenters. The summed E-state index contributed by atoms with van der Waals surface area (Å²) in [6.07, 6.45) is 4.16. The van der Waals surface area contributed by atoms with Gasteiger partial charge in [0.05, 0.1) is 24.5 Å². The number of nitrogens with one attached hydrogen (secondary N) is 2. The summed E-state index contributed by atoms with van der Waals surface area (Å²) in [5.74, 6) is 7.24. The molecule has 6 nitrogen and oxygen atoms in total. The van der Waals surface area contributed by atoms with Gasteiger partial charge in [-0.3, -0.25) is 0 Å². The molecule has 6 N–H and O–H groups in total. The molecule has 2 aliphatic heterocycles. The number of para-hydroxylation sites is 2. The van der Waals surface area contributed by atoms with Crippen LogP contribution in [-0.4, -0.2) is 31.8 Å². The summed E-state index contributed by atoms with van der Waals surface area (Å²) >= 11 is 0. The molecule has 0 saturated heterocycles. The lowest BCUT2D eigenvalue weighted by atomic mass is 9.91. The van der Waals surface area contributed by atoms with Crippen molar-refractivity contribution in [3.8, 4) is 5.75 Å². The molecule has 2 aromatic carbocycles. The van der Waals surface area contributed by atoms with Crippen molar-refractivity contribution >= 4 is 17.0 Å². The van der Waals surface area contributed by atoms with Crippen LogP contribution in [0, 0.1) is 0 Å². The van der Waals surface area contributed by atoms with Crippen molar-refractivity contribution in [2.24, 2.45) is 11.6 Å². The van der Waals surface area contributed by atoms with Crippen LogP contribution >= 0.6 is 0 Å². The Kier molecular flexibility index (Phi) is 5.97. The summed E-state index contributed by atoms with van der Waals surface area (Å²) in [6.45, 7) is 4.54. The second-order valence-electron chi connectivity index (χ2n) is 7.90. The number of fused-ring (bicyclic) bond motifs is 1. The highest BCUT2D eigenvalue weighted by atomic mass is 16.5. The summed E-state index contributed by atoms with van der Waals surface area (Å²) in [7, 11) is 1.70. The highest BCUT2D eigenvalue weighted by molar-refractivity contribution is 5.75. The van der Waals surface area contributed by atoms with Crippen LogP contribution in [0.1, 0.15) is 42.5 Å². The largest absolute Gasteiger partial charge is 0.495 e. The van der Waals surface area contributed by atoms with Crippen LogP contribution in [0.4, 0.5) is 5.69 Å². The number of allylic oxidation sites excluding steroid dienone is 1. The second kappa shape index (κ2) is 8.81. The van der Waals surface area contributed by atoms with Gasteiger partial charge in [0.1, 0.15) is 5.75 Å². The average Bonchev–Trinajstić information content (AvgIpc) is 2.90. The van der Waals surface area contributed by atoms with Crippen molar-refractivity contribution in [3.05, 3.63) is 70.9 Å². The summed E-state index contributed by atoms with van der Waals surface area (Å²) < 4.78 is 5.56. The predicted molar refractivity (Wildman–Crippen MR) is 124 cm³/mol. The molecule has 6 heteroatoms. The van der Waals surface area contributed by atoms with E-state index in [1.807, 2.05) is 31.2 Å². The average molecular weight is 406 g/mol. The SMILES string of the molecule is COc1ccccc1NC1CCN(N)/C(=C(/C)N)c2ccc(C3=CCNCC3)cc21. The number of nitrogens with two attached hydrogens (primary N) is 2. The number of hydrazine groups is 1.